The second kappa shape index (κ2) is 5.36. The number of likely N-dealkylation sites (N-methyl/N-ethyl adjacent to an activating group) is 1. The molecule has 0 aromatic rings. The summed E-state index contributed by atoms with van der Waals surface area (Å²) in [5.74, 6) is -0.235. The molecule has 0 spiro atoms. The number of hydrogen-bond donors (Lipinski definition) is 1. The first kappa shape index (κ1) is 14.5. The van der Waals surface area contributed by atoms with Gasteiger partial charge in [-0.25, -0.2) is 0 Å². The summed E-state index contributed by atoms with van der Waals surface area (Å²) in [7, 11) is 1.85. The second-order valence-corrected chi connectivity index (χ2v) is 6.19. The van der Waals surface area contributed by atoms with Crippen molar-refractivity contribution in [1.29, 1.82) is 0 Å². The Hall–Kier alpha value is -0.610. The van der Waals surface area contributed by atoms with E-state index in [1.807, 2.05) is 32.7 Å². The van der Waals surface area contributed by atoms with E-state index in [0.717, 1.165) is 25.7 Å². The highest BCUT2D eigenvalue weighted by Crippen LogP contribution is 2.29. The summed E-state index contributed by atoms with van der Waals surface area (Å²) < 4.78 is 5.24. The molecule has 0 heterocycles. The van der Waals surface area contributed by atoms with E-state index >= 15 is 0 Å². The minimum Gasteiger partial charge on any atom is -0.459 e. The van der Waals surface area contributed by atoms with Crippen LogP contribution in [0.5, 0.6) is 0 Å². The number of hydrogen-bond acceptors (Lipinski definition) is 4. The fourth-order valence-corrected chi connectivity index (χ4v) is 2.34. The summed E-state index contributed by atoms with van der Waals surface area (Å²) in [4.78, 5) is 13.4. The summed E-state index contributed by atoms with van der Waals surface area (Å²) in [5.41, 5.74) is -1.04. The number of carbonyl (C=O) groups is 1. The number of nitrogens with zero attached hydrogens (tertiary/aromatic N) is 1. The molecule has 1 N–H and O–H groups in total. The van der Waals surface area contributed by atoms with E-state index in [2.05, 4.69) is 0 Å². The quantitative estimate of drug-likeness (QED) is 0.761. The third-order valence-electron chi connectivity index (χ3n) is 2.92. The lowest BCUT2D eigenvalue weighted by molar-refractivity contribution is -0.156. The largest absolute Gasteiger partial charge is 0.459 e. The Balaban J connectivity index is 2.34. The Kier molecular flexibility index (Phi) is 4.55. The molecular weight excluding hydrogens is 218 g/mol. The first-order valence-corrected chi connectivity index (χ1v) is 6.33. The number of rotatable bonds is 4. The standard InChI is InChI=1S/C13H25NO3/c1-12(2,3)17-11(15)9-14(4)10-13(16)7-5-6-8-13/h16H,5-10H2,1-4H3. The molecule has 0 aromatic carbocycles. The highest BCUT2D eigenvalue weighted by Gasteiger charge is 2.32. The van der Waals surface area contributed by atoms with Crippen molar-refractivity contribution in [2.75, 3.05) is 20.1 Å². The van der Waals surface area contributed by atoms with Crippen LogP contribution in [-0.4, -0.2) is 47.3 Å². The van der Waals surface area contributed by atoms with Gasteiger partial charge in [-0.15, -0.1) is 0 Å². The molecule has 0 unspecified atom stereocenters. The van der Waals surface area contributed by atoms with E-state index in [9.17, 15) is 9.90 Å². The van der Waals surface area contributed by atoms with E-state index in [1.54, 1.807) is 0 Å². The third kappa shape index (κ3) is 5.50. The molecule has 0 amide bonds. The highest BCUT2D eigenvalue weighted by atomic mass is 16.6. The summed E-state index contributed by atoms with van der Waals surface area (Å²) >= 11 is 0. The molecule has 0 aliphatic heterocycles. The van der Waals surface area contributed by atoms with Gasteiger partial charge in [0.25, 0.3) is 0 Å². The predicted molar refractivity (Wildman–Crippen MR) is 66.8 cm³/mol. The lowest BCUT2D eigenvalue weighted by atomic mass is 10.0. The average molecular weight is 243 g/mol. The summed E-state index contributed by atoms with van der Waals surface area (Å²) in [6, 6.07) is 0. The number of ether oxygens (including phenoxy) is 1. The van der Waals surface area contributed by atoms with Crippen LogP contribution >= 0.6 is 0 Å². The molecular formula is C13H25NO3. The molecule has 1 aliphatic carbocycles. The van der Waals surface area contributed by atoms with Gasteiger partial charge in [0.15, 0.2) is 0 Å². The van der Waals surface area contributed by atoms with Crippen molar-refractivity contribution in [3.63, 3.8) is 0 Å². The lowest BCUT2D eigenvalue weighted by Crippen LogP contribution is -2.42. The van der Waals surface area contributed by atoms with Gasteiger partial charge in [0, 0.05) is 6.54 Å². The summed E-state index contributed by atoms with van der Waals surface area (Å²) in [6.07, 6.45) is 3.84. The van der Waals surface area contributed by atoms with Gasteiger partial charge in [-0.2, -0.15) is 0 Å². The normalized spacial score (nSPS) is 19.6. The first-order valence-electron chi connectivity index (χ1n) is 6.33. The maximum atomic E-state index is 11.6. The molecule has 0 atom stereocenters. The molecule has 100 valence electrons. The molecule has 0 saturated heterocycles. The van der Waals surface area contributed by atoms with E-state index in [0.29, 0.717) is 6.54 Å². The average Bonchev–Trinajstić information content (AvgIpc) is 2.46. The zero-order valence-electron chi connectivity index (χ0n) is 11.5. The zero-order chi connectivity index (χ0) is 13.1. The molecule has 1 saturated carbocycles. The van der Waals surface area contributed by atoms with Gasteiger partial charge in [-0.1, -0.05) is 12.8 Å². The second-order valence-electron chi connectivity index (χ2n) is 6.19. The minimum absolute atomic E-state index is 0.235. The molecule has 17 heavy (non-hydrogen) atoms. The Morgan fingerprint density at radius 2 is 1.88 bits per heavy atom. The van der Waals surface area contributed by atoms with Gasteiger partial charge in [-0.05, 0) is 40.7 Å². The number of esters is 1. The molecule has 0 radical (unpaired) electrons. The molecule has 1 aliphatic rings. The van der Waals surface area contributed by atoms with Crippen molar-refractivity contribution in [1.82, 2.24) is 4.90 Å². The predicted octanol–water partition coefficient (Wildman–Crippen LogP) is 1.56. The highest BCUT2D eigenvalue weighted by molar-refractivity contribution is 5.72. The van der Waals surface area contributed by atoms with E-state index in [1.165, 1.54) is 0 Å². The van der Waals surface area contributed by atoms with Gasteiger partial charge >= 0.3 is 5.97 Å². The zero-order valence-corrected chi connectivity index (χ0v) is 11.5. The van der Waals surface area contributed by atoms with Crippen LogP contribution in [0.1, 0.15) is 46.5 Å². The third-order valence-corrected chi connectivity index (χ3v) is 2.92. The molecule has 0 aromatic heterocycles. The Bertz CT molecular complexity index is 264. The topological polar surface area (TPSA) is 49.8 Å². The van der Waals surface area contributed by atoms with E-state index in [-0.39, 0.29) is 12.5 Å². The summed E-state index contributed by atoms with van der Waals surface area (Å²) in [6.45, 7) is 6.35. The van der Waals surface area contributed by atoms with Crippen LogP contribution in [0.2, 0.25) is 0 Å². The molecule has 4 heteroatoms. The first-order chi connectivity index (χ1) is 7.70. The van der Waals surface area contributed by atoms with Crippen LogP contribution in [-0.2, 0) is 9.53 Å². The van der Waals surface area contributed by atoms with Gasteiger partial charge < -0.3 is 9.84 Å². The van der Waals surface area contributed by atoms with Crippen LogP contribution < -0.4 is 0 Å². The fourth-order valence-electron chi connectivity index (χ4n) is 2.34. The minimum atomic E-state index is -0.600. The molecule has 1 fully saturated rings. The number of aliphatic hydroxyl groups is 1. The Morgan fingerprint density at radius 3 is 2.35 bits per heavy atom. The fraction of sp³-hybridized carbons (Fsp3) is 0.923. The van der Waals surface area contributed by atoms with Crippen molar-refractivity contribution in [2.24, 2.45) is 0 Å². The monoisotopic (exact) mass is 243 g/mol. The summed E-state index contributed by atoms with van der Waals surface area (Å²) in [5, 5.41) is 10.2. The van der Waals surface area contributed by atoms with Crippen molar-refractivity contribution in [3.8, 4) is 0 Å². The maximum absolute atomic E-state index is 11.6. The Morgan fingerprint density at radius 1 is 1.35 bits per heavy atom. The maximum Gasteiger partial charge on any atom is 0.320 e. The SMILES string of the molecule is CN(CC(=O)OC(C)(C)C)CC1(O)CCCC1. The molecule has 0 bridgehead atoms. The van der Waals surface area contributed by atoms with Gasteiger partial charge in [0.2, 0.25) is 0 Å². The van der Waals surface area contributed by atoms with Crippen molar-refractivity contribution >= 4 is 5.97 Å². The Labute approximate surface area is 104 Å². The molecule has 1 rings (SSSR count). The van der Waals surface area contributed by atoms with Crippen LogP contribution in [0.15, 0.2) is 0 Å². The van der Waals surface area contributed by atoms with Crippen LogP contribution in [0.4, 0.5) is 0 Å². The van der Waals surface area contributed by atoms with Crippen molar-refractivity contribution in [2.45, 2.75) is 57.7 Å². The van der Waals surface area contributed by atoms with Crippen molar-refractivity contribution < 1.29 is 14.6 Å². The molecule has 4 nitrogen and oxygen atoms in total. The van der Waals surface area contributed by atoms with Crippen LogP contribution in [0.3, 0.4) is 0 Å². The van der Waals surface area contributed by atoms with E-state index < -0.39 is 11.2 Å². The van der Waals surface area contributed by atoms with Gasteiger partial charge in [0.05, 0.1) is 12.1 Å². The number of carbonyl (C=O) groups excluding carboxylic acids is 1. The lowest BCUT2D eigenvalue weighted by Gasteiger charge is -2.29. The van der Waals surface area contributed by atoms with Crippen molar-refractivity contribution in [3.05, 3.63) is 0 Å². The van der Waals surface area contributed by atoms with Crippen LogP contribution in [0.25, 0.3) is 0 Å². The van der Waals surface area contributed by atoms with E-state index in [4.69, 9.17) is 4.74 Å². The van der Waals surface area contributed by atoms with Crippen LogP contribution in [0, 0.1) is 0 Å². The smallest absolute Gasteiger partial charge is 0.320 e. The van der Waals surface area contributed by atoms with Gasteiger partial charge in [-0.3, -0.25) is 9.69 Å². The van der Waals surface area contributed by atoms with Gasteiger partial charge in [0.1, 0.15) is 5.60 Å².